The van der Waals surface area contributed by atoms with Gasteiger partial charge in [-0.05, 0) is 43.9 Å². The SMILES string of the molecule is CCC(Oc1ccc(C)c(Oc2cc(OC)c(OC)c(OC)c2)c1)C(C)(C)COc1cc2c(cc1OC)C(=O)N1CCCC1C=N2. The van der Waals surface area contributed by atoms with Crippen molar-refractivity contribution in [1.29, 1.82) is 0 Å². The molecule has 46 heavy (non-hydrogen) atoms. The van der Waals surface area contributed by atoms with Crippen molar-refractivity contribution in [3.63, 3.8) is 0 Å². The Kier molecular flexibility index (Phi) is 9.84. The van der Waals surface area contributed by atoms with Crippen LogP contribution in [0.1, 0.15) is 56.0 Å². The first kappa shape index (κ1) is 32.8. The van der Waals surface area contributed by atoms with E-state index < -0.39 is 5.41 Å². The van der Waals surface area contributed by atoms with Gasteiger partial charge in [0.05, 0.1) is 52.3 Å². The molecule has 5 rings (SSSR count). The molecule has 246 valence electrons. The molecule has 0 bridgehead atoms. The zero-order chi connectivity index (χ0) is 33.0. The number of aryl methyl sites for hydroxylation is 1. The van der Waals surface area contributed by atoms with E-state index in [1.165, 1.54) is 0 Å². The largest absolute Gasteiger partial charge is 0.493 e. The third-order valence-corrected chi connectivity index (χ3v) is 8.60. The third-order valence-electron chi connectivity index (χ3n) is 8.60. The Bertz CT molecular complexity index is 1580. The van der Waals surface area contributed by atoms with Gasteiger partial charge < -0.3 is 38.1 Å². The molecule has 2 aliphatic heterocycles. The molecule has 0 aliphatic carbocycles. The van der Waals surface area contributed by atoms with Crippen LogP contribution in [0.4, 0.5) is 5.69 Å². The topological polar surface area (TPSA) is 97.3 Å². The van der Waals surface area contributed by atoms with E-state index >= 15 is 0 Å². The van der Waals surface area contributed by atoms with Crippen LogP contribution in [0.15, 0.2) is 47.5 Å². The number of amides is 1. The highest BCUT2D eigenvalue weighted by Gasteiger charge is 2.34. The fourth-order valence-electron chi connectivity index (χ4n) is 5.94. The second kappa shape index (κ2) is 13.8. The molecule has 1 fully saturated rings. The van der Waals surface area contributed by atoms with E-state index in [0.29, 0.717) is 63.9 Å². The lowest BCUT2D eigenvalue weighted by Gasteiger charge is -2.34. The minimum Gasteiger partial charge on any atom is -0.493 e. The number of benzene rings is 3. The minimum atomic E-state index is -0.406. The summed E-state index contributed by atoms with van der Waals surface area (Å²) in [6, 6.07) is 12.9. The lowest BCUT2D eigenvalue weighted by molar-refractivity contribution is 0.0303. The number of nitrogens with zero attached hydrogens (tertiary/aromatic N) is 2. The molecule has 10 heteroatoms. The van der Waals surface area contributed by atoms with Crippen molar-refractivity contribution in [3.8, 4) is 46.0 Å². The second-order valence-electron chi connectivity index (χ2n) is 12.2. The first-order valence-corrected chi connectivity index (χ1v) is 15.6. The summed E-state index contributed by atoms with van der Waals surface area (Å²) in [5.41, 5.74) is 1.66. The average molecular weight is 633 g/mol. The smallest absolute Gasteiger partial charge is 0.256 e. The van der Waals surface area contributed by atoms with Crippen molar-refractivity contribution in [2.24, 2.45) is 10.4 Å². The summed E-state index contributed by atoms with van der Waals surface area (Å²) >= 11 is 0. The third kappa shape index (κ3) is 6.66. The van der Waals surface area contributed by atoms with Crippen LogP contribution in [0.5, 0.6) is 46.0 Å². The van der Waals surface area contributed by atoms with Crippen molar-refractivity contribution >= 4 is 17.8 Å². The molecule has 10 nitrogen and oxygen atoms in total. The number of rotatable bonds is 13. The number of hydrogen-bond acceptors (Lipinski definition) is 9. The molecule has 0 saturated carbocycles. The van der Waals surface area contributed by atoms with Gasteiger partial charge in [0.15, 0.2) is 23.0 Å². The van der Waals surface area contributed by atoms with Gasteiger partial charge in [0, 0.05) is 42.4 Å². The predicted molar refractivity (Wildman–Crippen MR) is 177 cm³/mol. The van der Waals surface area contributed by atoms with Crippen LogP contribution in [0.2, 0.25) is 0 Å². The maximum atomic E-state index is 13.3. The highest BCUT2D eigenvalue weighted by molar-refractivity contribution is 6.03. The average Bonchev–Trinajstić information content (AvgIpc) is 3.49. The summed E-state index contributed by atoms with van der Waals surface area (Å²) in [7, 11) is 6.27. The van der Waals surface area contributed by atoms with Gasteiger partial charge in [-0.15, -0.1) is 0 Å². The molecule has 2 heterocycles. The normalized spacial score (nSPS) is 16.2. The van der Waals surface area contributed by atoms with Gasteiger partial charge >= 0.3 is 0 Å². The molecule has 1 amide bonds. The molecule has 0 aromatic heterocycles. The first-order chi connectivity index (χ1) is 22.1. The summed E-state index contributed by atoms with van der Waals surface area (Å²) in [6.45, 7) is 9.35. The summed E-state index contributed by atoms with van der Waals surface area (Å²) in [4.78, 5) is 19.8. The van der Waals surface area contributed by atoms with Gasteiger partial charge in [-0.2, -0.15) is 0 Å². The molecule has 2 unspecified atom stereocenters. The summed E-state index contributed by atoms with van der Waals surface area (Å²) in [5.74, 6) is 4.35. The van der Waals surface area contributed by atoms with Gasteiger partial charge in [-0.1, -0.05) is 26.8 Å². The van der Waals surface area contributed by atoms with Gasteiger partial charge in [0.2, 0.25) is 5.75 Å². The second-order valence-corrected chi connectivity index (χ2v) is 12.2. The number of carbonyl (C=O) groups excluding carboxylic acids is 1. The summed E-state index contributed by atoms with van der Waals surface area (Å²) < 4.78 is 41.3. The van der Waals surface area contributed by atoms with Gasteiger partial charge in [-0.3, -0.25) is 9.79 Å². The Morgan fingerprint density at radius 2 is 1.59 bits per heavy atom. The monoisotopic (exact) mass is 632 g/mol. The van der Waals surface area contributed by atoms with Crippen LogP contribution in [0, 0.1) is 12.3 Å². The number of ether oxygens (including phenoxy) is 7. The molecule has 2 aliphatic rings. The Hall–Kier alpha value is -4.60. The fraction of sp³-hybridized carbons (Fsp3) is 0.444. The molecule has 0 N–H and O–H groups in total. The standard InChI is InChI=1S/C36H44N2O8/c1-9-33(46-24-13-12-22(2)28(15-24)45-25-16-31(41-6)34(43-8)32(17-25)42-7)36(3,4)21-44-30-19-27-26(18-29(30)40-5)35(39)38-14-10-11-23(38)20-37-27/h12-13,15-20,23,33H,9-11,14,21H2,1-8H3. The van der Waals surface area contributed by atoms with Gasteiger partial charge in [-0.25, -0.2) is 0 Å². The van der Waals surface area contributed by atoms with E-state index in [9.17, 15) is 4.79 Å². The molecule has 0 spiro atoms. The minimum absolute atomic E-state index is 0.0219. The lowest BCUT2D eigenvalue weighted by Crippen LogP contribution is -2.39. The quantitative estimate of drug-likeness (QED) is 0.192. The van der Waals surface area contributed by atoms with E-state index in [-0.39, 0.29) is 18.1 Å². The molecule has 3 aromatic rings. The lowest BCUT2D eigenvalue weighted by atomic mass is 9.85. The first-order valence-electron chi connectivity index (χ1n) is 15.6. The molecule has 2 atom stereocenters. The van der Waals surface area contributed by atoms with Crippen molar-refractivity contribution in [2.45, 2.75) is 59.1 Å². The Morgan fingerprint density at radius 3 is 2.24 bits per heavy atom. The number of carbonyl (C=O) groups is 1. The van der Waals surface area contributed by atoms with Crippen LogP contribution >= 0.6 is 0 Å². The van der Waals surface area contributed by atoms with E-state index in [1.807, 2.05) is 36.2 Å². The Balaban J connectivity index is 1.32. The van der Waals surface area contributed by atoms with Crippen molar-refractivity contribution in [1.82, 2.24) is 4.90 Å². The maximum Gasteiger partial charge on any atom is 0.256 e. The van der Waals surface area contributed by atoms with Crippen molar-refractivity contribution in [2.75, 3.05) is 41.6 Å². The number of methoxy groups -OCH3 is 4. The summed E-state index contributed by atoms with van der Waals surface area (Å²) in [5, 5.41) is 0. The van der Waals surface area contributed by atoms with Crippen molar-refractivity contribution < 1.29 is 38.0 Å². The van der Waals surface area contributed by atoms with E-state index in [1.54, 1.807) is 52.7 Å². The highest BCUT2D eigenvalue weighted by Crippen LogP contribution is 2.43. The Morgan fingerprint density at radius 1 is 0.891 bits per heavy atom. The van der Waals surface area contributed by atoms with E-state index in [0.717, 1.165) is 31.4 Å². The number of hydrogen-bond donors (Lipinski definition) is 0. The van der Waals surface area contributed by atoms with E-state index in [4.69, 9.17) is 33.2 Å². The molecule has 3 aromatic carbocycles. The zero-order valence-electron chi connectivity index (χ0n) is 28.0. The predicted octanol–water partition coefficient (Wildman–Crippen LogP) is 7.40. The van der Waals surface area contributed by atoms with E-state index in [2.05, 4.69) is 25.8 Å². The number of aliphatic imine (C=N–C) groups is 1. The fourth-order valence-corrected chi connectivity index (χ4v) is 5.94. The van der Waals surface area contributed by atoms with Crippen molar-refractivity contribution in [3.05, 3.63) is 53.6 Å². The highest BCUT2D eigenvalue weighted by atomic mass is 16.5. The van der Waals surface area contributed by atoms with Crippen LogP contribution < -0.4 is 33.2 Å². The Labute approximate surface area is 271 Å². The molecule has 1 saturated heterocycles. The summed E-state index contributed by atoms with van der Waals surface area (Å²) in [6.07, 6.45) is 4.33. The molecular formula is C36H44N2O8. The number of fused-ring (bicyclic) bond motifs is 2. The molecule has 0 radical (unpaired) electrons. The maximum absolute atomic E-state index is 13.3. The van der Waals surface area contributed by atoms with Gasteiger partial charge in [0.25, 0.3) is 5.91 Å². The van der Waals surface area contributed by atoms with Crippen LogP contribution in [0.25, 0.3) is 0 Å². The zero-order valence-corrected chi connectivity index (χ0v) is 28.0. The van der Waals surface area contributed by atoms with Crippen LogP contribution in [0.3, 0.4) is 0 Å². The van der Waals surface area contributed by atoms with Crippen LogP contribution in [-0.4, -0.2) is 70.8 Å². The molecular weight excluding hydrogens is 588 g/mol. The van der Waals surface area contributed by atoms with Crippen LogP contribution in [-0.2, 0) is 0 Å². The van der Waals surface area contributed by atoms with Gasteiger partial charge in [0.1, 0.15) is 23.4 Å².